The standard InChI is InChI=1S/C27H27ClN2O4/c1-34-27(33)22-14-20-19-4-2-3-5-21(19)29-25(20)26(30(22)24(32)15-28)18-11-9-17(10-12-18)23(31)13-8-16-6-7-16/h2-5,9-12,16,22,26,29H,6-8,13-15H2,1H3/t22-,26+/m1/s1. The van der Waals surface area contributed by atoms with Crippen LogP contribution in [-0.4, -0.2) is 46.6 Å². The number of rotatable bonds is 7. The molecule has 0 unspecified atom stereocenters. The number of Topliss-reactive ketones (excluding diaryl/α,β-unsaturated/α-hetero) is 1. The number of ether oxygens (including phenoxy) is 1. The summed E-state index contributed by atoms with van der Waals surface area (Å²) < 4.78 is 5.07. The number of ketones is 1. The highest BCUT2D eigenvalue weighted by molar-refractivity contribution is 6.27. The van der Waals surface area contributed by atoms with Gasteiger partial charge in [-0.15, -0.1) is 11.6 Å². The van der Waals surface area contributed by atoms with E-state index in [0.717, 1.165) is 34.1 Å². The summed E-state index contributed by atoms with van der Waals surface area (Å²) in [6.45, 7) is 0. The van der Waals surface area contributed by atoms with E-state index in [1.807, 2.05) is 48.5 Å². The van der Waals surface area contributed by atoms with Crippen LogP contribution in [0, 0.1) is 5.92 Å². The van der Waals surface area contributed by atoms with Crippen molar-refractivity contribution < 1.29 is 19.1 Å². The molecule has 176 valence electrons. The minimum absolute atomic E-state index is 0.134. The fourth-order valence-corrected chi connectivity index (χ4v) is 5.21. The molecule has 2 atom stereocenters. The van der Waals surface area contributed by atoms with E-state index >= 15 is 0 Å². The molecule has 1 N–H and O–H groups in total. The number of carbonyl (C=O) groups is 3. The van der Waals surface area contributed by atoms with Crippen molar-refractivity contribution in [3.63, 3.8) is 0 Å². The first-order valence-electron chi connectivity index (χ1n) is 11.7. The molecule has 0 saturated heterocycles. The molecule has 3 aromatic rings. The van der Waals surface area contributed by atoms with Crippen molar-refractivity contribution in [3.05, 3.63) is 70.9 Å². The molecule has 1 aliphatic carbocycles. The Labute approximate surface area is 203 Å². The Bertz CT molecular complexity index is 1250. The van der Waals surface area contributed by atoms with Crippen LogP contribution in [0.2, 0.25) is 0 Å². The summed E-state index contributed by atoms with van der Waals surface area (Å²) in [4.78, 5) is 43.5. The summed E-state index contributed by atoms with van der Waals surface area (Å²) in [5, 5.41) is 1.02. The van der Waals surface area contributed by atoms with Crippen molar-refractivity contribution in [1.29, 1.82) is 0 Å². The number of aromatic amines is 1. The zero-order valence-corrected chi connectivity index (χ0v) is 19.8. The number of fused-ring (bicyclic) bond motifs is 3. The fraction of sp³-hybridized carbons (Fsp3) is 0.370. The van der Waals surface area contributed by atoms with E-state index in [-0.39, 0.29) is 17.6 Å². The van der Waals surface area contributed by atoms with Crippen LogP contribution in [0.25, 0.3) is 10.9 Å². The Hall–Kier alpha value is -3.12. The monoisotopic (exact) mass is 478 g/mol. The summed E-state index contributed by atoms with van der Waals surface area (Å²) in [6.07, 6.45) is 4.29. The highest BCUT2D eigenvalue weighted by atomic mass is 35.5. The third-order valence-corrected chi connectivity index (χ3v) is 7.26. The number of alkyl halides is 1. The lowest BCUT2D eigenvalue weighted by atomic mass is 9.87. The zero-order chi connectivity index (χ0) is 23.8. The zero-order valence-electron chi connectivity index (χ0n) is 19.1. The second-order valence-electron chi connectivity index (χ2n) is 9.17. The molecule has 2 heterocycles. The molecule has 0 spiro atoms. The van der Waals surface area contributed by atoms with Crippen LogP contribution in [0.15, 0.2) is 48.5 Å². The molecule has 0 radical (unpaired) electrons. The third kappa shape index (κ3) is 4.11. The number of nitrogens with one attached hydrogen (secondary N) is 1. The number of hydrogen-bond acceptors (Lipinski definition) is 4. The van der Waals surface area contributed by atoms with E-state index < -0.39 is 18.1 Å². The van der Waals surface area contributed by atoms with E-state index in [9.17, 15) is 14.4 Å². The average Bonchev–Trinajstić information content (AvgIpc) is 3.64. The van der Waals surface area contributed by atoms with E-state index in [0.29, 0.717) is 24.3 Å². The second-order valence-corrected chi connectivity index (χ2v) is 9.44. The highest BCUT2D eigenvalue weighted by Crippen LogP contribution is 2.41. The van der Waals surface area contributed by atoms with Crippen LogP contribution < -0.4 is 0 Å². The number of methoxy groups -OCH3 is 1. The van der Waals surface area contributed by atoms with Crippen molar-refractivity contribution >= 4 is 40.2 Å². The van der Waals surface area contributed by atoms with Crippen LogP contribution in [0.3, 0.4) is 0 Å². The van der Waals surface area contributed by atoms with E-state index in [1.165, 1.54) is 24.9 Å². The van der Waals surface area contributed by atoms with E-state index in [1.54, 1.807) is 0 Å². The number of nitrogens with zero attached hydrogens (tertiary/aromatic N) is 1. The molecule has 7 heteroatoms. The predicted octanol–water partition coefficient (Wildman–Crippen LogP) is 4.80. The molecule has 1 aliphatic heterocycles. The Morgan fingerprint density at radius 3 is 2.50 bits per heavy atom. The summed E-state index contributed by atoms with van der Waals surface area (Å²) in [7, 11) is 1.33. The number of para-hydroxylation sites is 1. The van der Waals surface area contributed by atoms with Crippen molar-refractivity contribution in [1.82, 2.24) is 9.88 Å². The van der Waals surface area contributed by atoms with Crippen LogP contribution in [0.4, 0.5) is 0 Å². The van der Waals surface area contributed by atoms with Crippen LogP contribution in [0.1, 0.15) is 58.9 Å². The minimum atomic E-state index is -0.798. The van der Waals surface area contributed by atoms with Gasteiger partial charge in [-0.3, -0.25) is 9.59 Å². The first kappa shape index (κ1) is 22.7. The lowest BCUT2D eigenvalue weighted by molar-refractivity contribution is -0.154. The second kappa shape index (κ2) is 9.26. The number of hydrogen-bond donors (Lipinski definition) is 1. The van der Waals surface area contributed by atoms with Crippen molar-refractivity contribution in [3.8, 4) is 0 Å². The smallest absolute Gasteiger partial charge is 0.328 e. The number of H-pyrrole nitrogens is 1. The molecule has 1 saturated carbocycles. The van der Waals surface area contributed by atoms with Gasteiger partial charge in [-0.1, -0.05) is 55.3 Å². The van der Waals surface area contributed by atoms with Crippen molar-refractivity contribution in [2.45, 2.75) is 44.2 Å². The first-order valence-corrected chi connectivity index (χ1v) is 12.2. The SMILES string of the molecule is COC(=O)[C@H]1Cc2c([nH]c3ccccc23)[C@H](c2ccc(C(=O)CCC3CC3)cc2)N1C(=O)CCl. The maximum absolute atomic E-state index is 13.1. The van der Waals surface area contributed by atoms with Crippen LogP contribution >= 0.6 is 11.6 Å². The van der Waals surface area contributed by atoms with Gasteiger partial charge in [0.1, 0.15) is 11.9 Å². The normalized spacial score (nSPS) is 19.6. The number of halogens is 1. The lowest BCUT2D eigenvalue weighted by Gasteiger charge is -2.40. The van der Waals surface area contributed by atoms with Gasteiger partial charge in [0, 0.05) is 35.0 Å². The van der Waals surface area contributed by atoms with Gasteiger partial charge in [0.15, 0.2) is 5.78 Å². The quantitative estimate of drug-likeness (QED) is 0.300. The van der Waals surface area contributed by atoms with Gasteiger partial charge >= 0.3 is 5.97 Å². The molecule has 2 aromatic carbocycles. The van der Waals surface area contributed by atoms with Gasteiger partial charge in [0.05, 0.1) is 13.2 Å². The van der Waals surface area contributed by atoms with Gasteiger partial charge in [-0.2, -0.15) is 0 Å². The summed E-state index contributed by atoms with van der Waals surface area (Å²) in [6, 6.07) is 13.9. The van der Waals surface area contributed by atoms with Crippen LogP contribution in [-0.2, 0) is 20.7 Å². The van der Waals surface area contributed by atoms with Gasteiger partial charge in [-0.25, -0.2) is 4.79 Å². The molecule has 1 aromatic heterocycles. The molecule has 34 heavy (non-hydrogen) atoms. The van der Waals surface area contributed by atoms with Crippen molar-refractivity contribution in [2.75, 3.05) is 13.0 Å². The summed E-state index contributed by atoms with van der Waals surface area (Å²) in [5.41, 5.74) is 4.25. The number of benzene rings is 2. The van der Waals surface area contributed by atoms with E-state index in [2.05, 4.69) is 4.98 Å². The molecule has 2 aliphatic rings. The van der Waals surface area contributed by atoms with Gasteiger partial charge in [0.2, 0.25) is 5.91 Å². The molecular weight excluding hydrogens is 452 g/mol. The first-order chi connectivity index (χ1) is 16.5. The molecule has 1 amide bonds. The molecule has 1 fully saturated rings. The fourth-order valence-electron chi connectivity index (χ4n) is 5.07. The van der Waals surface area contributed by atoms with Gasteiger partial charge in [0.25, 0.3) is 0 Å². The summed E-state index contributed by atoms with van der Waals surface area (Å²) >= 11 is 5.99. The maximum atomic E-state index is 13.1. The maximum Gasteiger partial charge on any atom is 0.328 e. The molecule has 5 rings (SSSR count). The Morgan fingerprint density at radius 2 is 1.82 bits per heavy atom. The van der Waals surface area contributed by atoms with Crippen molar-refractivity contribution in [2.24, 2.45) is 5.92 Å². The van der Waals surface area contributed by atoms with Gasteiger partial charge < -0.3 is 14.6 Å². The van der Waals surface area contributed by atoms with E-state index in [4.69, 9.17) is 16.3 Å². The van der Waals surface area contributed by atoms with Gasteiger partial charge in [-0.05, 0) is 29.5 Å². The molecule has 6 nitrogen and oxygen atoms in total. The molecule has 0 bridgehead atoms. The predicted molar refractivity (Wildman–Crippen MR) is 130 cm³/mol. The largest absolute Gasteiger partial charge is 0.467 e. The average molecular weight is 479 g/mol. The Kier molecular flexibility index (Phi) is 6.17. The Balaban J connectivity index is 1.57. The number of amides is 1. The number of carbonyl (C=O) groups excluding carboxylic acids is 3. The molecular formula is C27H27ClN2O4. The highest BCUT2D eigenvalue weighted by Gasteiger charge is 2.43. The number of esters is 1. The van der Waals surface area contributed by atoms with Crippen LogP contribution in [0.5, 0.6) is 0 Å². The minimum Gasteiger partial charge on any atom is -0.467 e. The Morgan fingerprint density at radius 1 is 1.09 bits per heavy atom. The topological polar surface area (TPSA) is 79.5 Å². The lowest BCUT2D eigenvalue weighted by Crippen LogP contribution is -2.52. The number of aromatic nitrogens is 1. The summed E-state index contributed by atoms with van der Waals surface area (Å²) in [5.74, 6) is -0.245. The third-order valence-electron chi connectivity index (χ3n) is 7.03.